The van der Waals surface area contributed by atoms with E-state index in [2.05, 4.69) is 21.3 Å². The Balaban J connectivity index is 1.49. The van der Waals surface area contributed by atoms with Gasteiger partial charge in [-0.1, -0.05) is 25.5 Å². The summed E-state index contributed by atoms with van der Waals surface area (Å²) in [5, 5.41) is 17.3. The maximum atomic E-state index is 13.6. The summed E-state index contributed by atoms with van der Waals surface area (Å²) in [5.41, 5.74) is 6.50. The third kappa shape index (κ3) is 5.50. The summed E-state index contributed by atoms with van der Waals surface area (Å²) in [4.78, 5) is 10.8. The molecule has 1 aliphatic heterocycles. The van der Waals surface area contributed by atoms with E-state index in [9.17, 15) is 29.3 Å². The lowest BCUT2D eigenvalue weighted by molar-refractivity contribution is 0.0782. The number of hydrogen-bond acceptors (Lipinski definition) is 5. The van der Waals surface area contributed by atoms with Crippen molar-refractivity contribution in [2.75, 3.05) is 18.4 Å². The molecule has 0 spiro atoms. The molecule has 0 atom stereocenters. The quantitative estimate of drug-likeness (QED) is 0.221. The van der Waals surface area contributed by atoms with E-state index >= 15 is 0 Å². The highest BCUT2D eigenvalue weighted by atomic mass is 32.5. The van der Waals surface area contributed by atoms with Gasteiger partial charge in [-0.2, -0.15) is 5.10 Å². The number of aromatic nitrogens is 3. The number of aliphatic hydroxyl groups is 1. The first-order valence-electron chi connectivity index (χ1n) is 12.0. The molecule has 210 valence electrons. The predicted octanol–water partition coefficient (Wildman–Crippen LogP) is 5.76. The summed E-state index contributed by atoms with van der Waals surface area (Å²) in [6.07, 6.45) is 3.57. The molecule has 4 N–H and O–H groups in total. The van der Waals surface area contributed by atoms with Gasteiger partial charge in [-0.25, -0.2) is 4.52 Å². The van der Waals surface area contributed by atoms with Crippen LogP contribution in [0.2, 0.25) is 0 Å². The van der Waals surface area contributed by atoms with Crippen LogP contribution in [0.4, 0.5) is 25.1 Å². The van der Waals surface area contributed by atoms with E-state index in [4.69, 9.17) is 0 Å². The zero-order chi connectivity index (χ0) is 28.4. The van der Waals surface area contributed by atoms with Gasteiger partial charge in [0.1, 0.15) is 10.5 Å². The molecule has 0 saturated carbocycles. The van der Waals surface area contributed by atoms with E-state index in [0.717, 1.165) is 49.9 Å². The number of amides is 1. The fraction of sp³-hybridized carbons (Fsp3) is 0.280. The molecular weight excluding hydrogens is 543 g/mol. The smallest absolute Gasteiger partial charge is 0.310 e. The van der Waals surface area contributed by atoms with Crippen LogP contribution in [0.5, 0.6) is 0 Å². The van der Waals surface area contributed by atoms with Gasteiger partial charge < -0.3 is 10.4 Å². The van der Waals surface area contributed by atoms with Gasteiger partial charge in [0.2, 0.25) is 0 Å². The number of fused-ring (bicyclic) bond motifs is 1. The zero-order valence-electron chi connectivity index (χ0n) is 21.2. The van der Waals surface area contributed by atoms with Gasteiger partial charge in [0.15, 0.2) is 0 Å². The minimum Gasteiger partial charge on any atom is -0.386 e. The van der Waals surface area contributed by atoms with Crippen molar-refractivity contribution in [2.45, 2.75) is 37.2 Å². The number of nitrogens with zero attached hydrogens (tertiary/aromatic N) is 3. The molecule has 1 fully saturated rings. The fourth-order valence-corrected chi connectivity index (χ4v) is 5.13. The van der Waals surface area contributed by atoms with Crippen molar-refractivity contribution in [3.05, 3.63) is 77.2 Å². The molecule has 0 unspecified atom stereocenters. The van der Waals surface area contributed by atoms with Crippen molar-refractivity contribution in [3.8, 4) is 5.69 Å². The van der Waals surface area contributed by atoms with Crippen LogP contribution < -0.4 is 16.2 Å². The van der Waals surface area contributed by atoms with E-state index in [1.165, 1.54) is 0 Å². The first kappa shape index (κ1) is 27.1. The number of nitrogens with one attached hydrogen (secondary N) is 3. The second kappa shape index (κ2) is 8.27. The first-order valence-corrected chi connectivity index (χ1v) is 13.9. The number of anilines is 1. The molecule has 2 aromatic heterocycles. The zero-order valence-corrected chi connectivity index (χ0v) is 22.0. The molecule has 0 aliphatic carbocycles. The van der Waals surface area contributed by atoms with Crippen molar-refractivity contribution in [1.82, 2.24) is 25.0 Å². The Morgan fingerprint density at radius 3 is 2.38 bits per heavy atom. The minimum atomic E-state index is -10.1. The number of benzene rings is 2. The van der Waals surface area contributed by atoms with E-state index in [1.54, 1.807) is 35.1 Å². The third-order valence-electron chi connectivity index (χ3n) is 6.63. The Kier molecular flexibility index (Phi) is 5.75. The molecule has 0 radical (unpaired) electrons. The molecule has 1 amide bonds. The molecular formula is C25H27F5N6O2S. The van der Waals surface area contributed by atoms with Gasteiger partial charge >= 0.3 is 10.2 Å². The van der Waals surface area contributed by atoms with Crippen LogP contribution in [0.1, 0.15) is 46.9 Å². The van der Waals surface area contributed by atoms with Gasteiger partial charge in [-0.05, 0) is 62.2 Å². The molecule has 4 aromatic rings. The number of carbonyl (C=O) groups excluding carboxylic acids is 1. The van der Waals surface area contributed by atoms with Crippen molar-refractivity contribution in [2.24, 2.45) is 0 Å². The summed E-state index contributed by atoms with van der Waals surface area (Å²) in [5.74, 6) is -0.842. The van der Waals surface area contributed by atoms with Gasteiger partial charge in [-0.3, -0.25) is 20.2 Å². The second-order valence-corrected chi connectivity index (χ2v) is 12.6. The highest BCUT2D eigenvalue weighted by Gasteiger charge is 2.65. The van der Waals surface area contributed by atoms with E-state index < -0.39 is 37.8 Å². The molecule has 1 aliphatic rings. The summed E-state index contributed by atoms with van der Waals surface area (Å²) >= 11 is 0. The number of hydrazine groups is 1. The molecule has 14 heteroatoms. The van der Waals surface area contributed by atoms with Crippen LogP contribution in [0, 0.1) is 6.92 Å². The average molecular weight is 571 g/mol. The number of rotatable bonds is 6. The topological polar surface area (TPSA) is 95.6 Å². The van der Waals surface area contributed by atoms with E-state index in [0.29, 0.717) is 5.69 Å². The van der Waals surface area contributed by atoms with Crippen LogP contribution >= 0.6 is 10.2 Å². The number of hydrogen-bond donors (Lipinski definition) is 4. The lowest BCUT2D eigenvalue weighted by atomic mass is 9.96. The summed E-state index contributed by atoms with van der Waals surface area (Å²) in [6, 6.07) is 8.11. The Labute approximate surface area is 220 Å². The van der Waals surface area contributed by atoms with Crippen molar-refractivity contribution < 1.29 is 29.3 Å². The van der Waals surface area contributed by atoms with Gasteiger partial charge in [0, 0.05) is 48.7 Å². The van der Waals surface area contributed by atoms with Crippen LogP contribution in [0.25, 0.3) is 11.3 Å². The maximum absolute atomic E-state index is 13.6. The normalized spacial score (nSPS) is 16.8. The Morgan fingerprint density at radius 2 is 1.74 bits per heavy atom. The lowest BCUT2D eigenvalue weighted by Crippen LogP contribution is -2.21. The maximum Gasteiger partial charge on any atom is 0.310 e. The van der Waals surface area contributed by atoms with Crippen molar-refractivity contribution in [1.29, 1.82) is 0 Å². The monoisotopic (exact) mass is 570 g/mol. The van der Waals surface area contributed by atoms with Crippen LogP contribution in [-0.4, -0.2) is 38.3 Å². The van der Waals surface area contributed by atoms with Gasteiger partial charge in [0.25, 0.3) is 5.91 Å². The largest absolute Gasteiger partial charge is 0.386 e. The van der Waals surface area contributed by atoms with Crippen LogP contribution in [-0.2, 0) is 5.60 Å². The molecule has 5 rings (SSSR count). The predicted molar refractivity (Wildman–Crippen MR) is 139 cm³/mol. The minimum absolute atomic E-state index is 0.108. The number of imidazole rings is 1. The Morgan fingerprint density at radius 1 is 1.05 bits per heavy atom. The van der Waals surface area contributed by atoms with Crippen LogP contribution in [0.15, 0.2) is 59.8 Å². The first-order chi connectivity index (χ1) is 17.9. The summed E-state index contributed by atoms with van der Waals surface area (Å²) in [6.45, 7) is 5.61. The van der Waals surface area contributed by atoms with Crippen molar-refractivity contribution in [3.63, 3.8) is 0 Å². The molecule has 0 bridgehead atoms. The third-order valence-corrected chi connectivity index (χ3v) is 7.75. The fourth-order valence-electron chi connectivity index (χ4n) is 4.43. The second-order valence-electron chi connectivity index (χ2n) is 10.2. The highest BCUT2D eigenvalue weighted by molar-refractivity contribution is 8.45. The molecule has 39 heavy (non-hydrogen) atoms. The summed E-state index contributed by atoms with van der Waals surface area (Å²) < 4.78 is 71.8. The van der Waals surface area contributed by atoms with E-state index in [-0.39, 0.29) is 23.7 Å². The summed E-state index contributed by atoms with van der Waals surface area (Å²) in [7, 11) is -10.1. The molecule has 8 nitrogen and oxygen atoms in total. The lowest BCUT2D eigenvalue weighted by Gasteiger charge is -2.41. The Hall–Kier alpha value is -3.46. The van der Waals surface area contributed by atoms with Crippen molar-refractivity contribution >= 4 is 27.5 Å². The average Bonchev–Trinajstić information content (AvgIpc) is 3.55. The van der Waals surface area contributed by atoms with Gasteiger partial charge in [-0.15, -0.1) is 0 Å². The molecule has 1 saturated heterocycles. The number of halogens is 5. The van der Waals surface area contributed by atoms with E-state index in [1.807, 2.05) is 17.6 Å². The number of aryl methyl sites for hydroxylation is 1. The standard InChI is InChI=1S/C25H27F5N6O2S/c1-15-4-5-19(11-22(15)35-6-7-36-23(35)12-21(34-36)17-13-31-32-14-17)33-24(37)16-8-18(25(2,3)38)10-20(9-16)39(26,27,28,29)30/h4-12,17,31-32,38H,13-14H2,1-3H3,(H,33,37). The number of carbonyl (C=O) groups is 1. The SMILES string of the molecule is Cc1ccc(NC(=O)c2cc(C(C)(C)O)cc(S(F)(F)(F)(F)F)c2)cc1-n1ccn2nc(C3CNNC3)cc12. The molecule has 2 aromatic carbocycles. The Bertz CT molecular complexity index is 1600. The molecule has 3 heterocycles. The van der Waals surface area contributed by atoms with Crippen LogP contribution in [0.3, 0.4) is 0 Å². The van der Waals surface area contributed by atoms with Gasteiger partial charge in [0.05, 0.1) is 17.0 Å². The highest BCUT2D eigenvalue weighted by Crippen LogP contribution is 3.02.